The van der Waals surface area contributed by atoms with Gasteiger partial charge in [0.1, 0.15) is 5.82 Å². The Kier molecular flexibility index (Phi) is 4.47. The smallest absolute Gasteiger partial charge is 0.131 e. The number of nitrogens with zero attached hydrogens (tertiary/aromatic N) is 3. The van der Waals surface area contributed by atoms with Crippen LogP contribution in [0.15, 0.2) is 0 Å². The third-order valence-electron chi connectivity index (χ3n) is 4.08. The number of aryl methyl sites for hydroxylation is 2. The van der Waals surface area contributed by atoms with Gasteiger partial charge in [-0.05, 0) is 25.8 Å². The molecule has 0 spiro atoms. The first-order chi connectivity index (χ1) is 9.04. The summed E-state index contributed by atoms with van der Waals surface area (Å²) in [6, 6.07) is 0. The van der Waals surface area contributed by atoms with E-state index in [2.05, 4.69) is 36.1 Å². The molecule has 1 fully saturated rings. The van der Waals surface area contributed by atoms with Crippen LogP contribution in [0.1, 0.15) is 31.5 Å². The van der Waals surface area contributed by atoms with Gasteiger partial charge in [0, 0.05) is 32.2 Å². The SMILES string of the molecule is CCNCc1c(C)nn(C)c1N1CCC(C)C(O)C1. The van der Waals surface area contributed by atoms with E-state index >= 15 is 0 Å². The Morgan fingerprint density at radius 3 is 2.84 bits per heavy atom. The summed E-state index contributed by atoms with van der Waals surface area (Å²) in [4.78, 5) is 2.28. The lowest BCUT2D eigenvalue weighted by atomic mass is 9.96. The van der Waals surface area contributed by atoms with Gasteiger partial charge in [-0.2, -0.15) is 5.10 Å². The zero-order valence-electron chi connectivity index (χ0n) is 12.5. The normalized spacial score (nSPS) is 23.9. The molecule has 2 atom stereocenters. The fourth-order valence-corrected chi connectivity index (χ4v) is 2.78. The van der Waals surface area contributed by atoms with Crippen molar-refractivity contribution in [2.45, 2.75) is 39.8 Å². The van der Waals surface area contributed by atoms with E-state index in [4.69, 9.17) is 0 Å². The molecule has 0 bridgehead atoms. The van der Waals surface area contributed by atoms with Crippen LogP contribution in [0.3, 0.4) is 0 Å². The first-order valence-electron chi connectivity index (χ1n) is 7.20. The van der Waals surface area contributed by atoms with E-state index in [0.717, 1.165) is 37.6 Å². The minimum absolute atomic E-state index is 0.240. The summed E-state index contributed by atoms with van der Waals surface area (Å²) in [5, 5.41) is 18.0. The minimum atomic E-state index is -0.240. The molecule has 1 aromatic heterocycles. The van der Waals surface area contributed by atoms with Gasteiger partial charge in [-0.25, -0.2) is 0 Å². The number of hydrogen-bond donors (Lipinski definition) is 2. The Hall–Kier alpha value is -1.07. The highest BCUT2D eigenvalue weighted by Crippen LogP contribution is 2.28. The number of hydrogen-bond acceptors (Lipinski definition) is 4. The number of aliphatic hydroxyl groups is 1. The van der Waals surface area contributed by atoms with Crippen LogP contribution < -0.4 is 10.2 Å². The summed E-state index contributed by atoms with van der Waals surface area (Å²) in [7, 11) is 1.99. The number of β-amino-alcohol motifs (C(OH)–C–C–N with tert-alkyl or cyclic N) is 1. The number of nitrogens with one attached hydrogen (secondary N) is 1. The zero-order valence-corrected chi connectivity index (χ0v) is 12.5. The molecule has 0 saturated carbocycles. The predicted octanol–water partition coefficient (Wildman–Crippen LogP) is 1.05. The van der Waals surface area contributed by atoms with Gasteiger partial charge in [-0.3, -0.25) is 4.68 Å². The average Bonchev–Trinajstić information content (AvgIpc) is 2.65. The Bertz CT molecular complexity index is 429. The average molecular weight is 266 g/mol. The Morgan fingerprint density at radius 1 is 1.47 bits per heavy atom. The third-order valence-corrected chi connectivity index (χ3v) is 4.08. The Labute approximate surface area is 115 Å². The molecule has 19 heavy (non-hydrogen) atoms. The first kappa shape index (κ1) is 14.3. The molecule has 0 amide bonds. The van der Waals surface area contributed by atoms with Crippen molar-refractivity contribution in [2.24, 2.45) is 13.0 Å². The molecule has 2 heterocycles. The van der Waals surface area contributed by atoms with E-state index in [-0.39, 0.29) is 6.10 Å². The summed E-state index contributed by atoms with van der Waals surface area (Å²) < 4.78 is 1.95. The van der Waals surface area contributed by atoms with E-state index in [1.165, 1.54) is 5.56 Å². The molecule has 1 aromatic rings. The highest BCUT2D eigenvalue weighted by Gasteiger charge is 2.28. The molecular weight excluding hydrogens is 240 g/mol. The Balaban J connectivity index is 2.23. The van der Waals surface area contributed by atoms with Crippen LogP contribution >= 0.6 is 0 Å². The van der Waals surface area contributed by atoms with Crippen LogP contribution in [0.25, 0.3) is 0 Å². The van der Waals surface area contributed by atoms with Crippen molar-refractivity contribution >= 4 is 5.82 Å². The Morgan fingerprint density at radius 2 is 2.21 bits per heavy atom. The van der Waals surface area contributed by atoms with E-state index in [0.29, 0.717) is 12.5 Å². The highest BCUT2D eigenvalue weighted by molar-refractivity contribution is 5.50. The lowest BCUT2D eigenvalue weighted by Crippen LogP contribution is -2.44. The van der Waals surface area contributed by atoms with Gasteiger partial charge in [0.2, 0.25) is 0 Å². The fraction of sp³-hybridized carbons (Fsp3) is 0.786. The van der Waals surface area contributed by atoms with E-state index in [1.54, 1.807) is 0 Å². The molecule has 1 aliphatic rings. The second-order valence-corrected chi connectivity index (χ2v) is 5.57. The number of piperidine rings is 1. The maximum atomic E-state index is 10.1. The highest BCUT2D eigenvalue weighted by atomic mass is 16.3. The van der Waals surface area contributed by atoms with Crippen molar-refractivity contribution in [1.29, 1.82) is 0 Å². The summed E-state index contributed by atoms with van der Waals surface area (Å²) >= 11 is 0. The van der Waals surface area contributed by atoms with Gasteiger partial charge in [0.15, 0.2) is 0 Å². The largest absolute Gasteiger partial charge is 0.391 e. The van der Waals surface area contributed by atoms with Crippen LogP contribution in [0.4, 0.5) is 5.82 Å². The predicted molar refractivity (Wildman–Crippen MR) is 77.3 cm³/mol. The topological polar surface area (TPSA) is 53.3 Å². The van der Waals surface area contributed by atoms with Crippen molar-refractivity contribution in [3.8, 4) is 0 Å². The van der Waals surface area contributed by atoms with Gasteiger partial charge in [-0.1, -0.05) is 13.8 Å². The van der Waals surface area contributed by atoms with Crippen LogP contribution in [-0.4, -0.2) is 40.6 Å². The number of aromatic nitrogens is 2. The van der Waals surface area contributed by atoms with E-state index in [9.17, 15) is 5.11 Å². The molecular formula is C14H26N4O. The van der Waals surface area contributed by atoms with Gasteiger partial charge in [0.05, 0.1) is 11.8 Å². The van der Waals surface area contributed by atoms with Gasteiger partial charge >= 0.3 is 0 Å². The molecule has 108 valence electrons. The molecule has 2 unspecified atom stereocenters. The van der Waals surface area contributed by atoms with Crippen LogP contribution in [-0.2, 0) is 13.6 Å². The molecule has 1 aliphatic heterocycles. The molecule has 0 aliphatic carbocycles. The van der Waals surface area contributed by atoms with E-state index < -0.39 is 0 Å². The molecule has 2 N–H and O–H groups in total. The van der Waals surface area contributed by atoms with E-state index in [1.807, 2.05) is 11.7 Å². The summed E-state index contributed by atoms with van der Waals surface area (Å²) in [6.45, 7) is 9.78. The minimum Gasteiger partial charge on any atom is -0.391 e. The van der Waals surface area contributed by atoms with Crippen molar-refractivity contribution in [2.75, 3.05) is 24.5 Å². The van der Waals surface area contributed by atoms with Gasteiger partial charge in [0.25, 0.3) is 0 Å². The summed E-state index contributed by atoms with van der Waals surface area (Å²) in [6.07, 6.45) is 0.794. The molecule has 5 heteroatoms. The number of aliphatic hydroxyl groups excluding tert-OH is 1. The number of anilines is 1. The first-order valence-corrected chi connectivity index (χ1v) is 7.20. The molecule has 2 rings (SSSR count). The quantitative estimate of drug-likeness (QED) is 0.855. The molecule has 1 saturated heterocycles. The monoisotopic (exact) mass is 266 g/mol. The van der Waals surface area contributed by atoms with Crippen LogP contribution in [0.5, 0.6) is 0 Å². The van der Waals surface area contributed by atoms with Crippen molar-refractivity contribution in [3.05, 3.63) is 11.3 Å². The second-order valence-electron chi connectivity index (χ2n) is 5.57. The van der Waals surface area contributed by atoms with Crippen molar-refractivity contribution in [1.82, 2.24) is 15.1 Å². The third kappa shape index (κ3) is 2.92. The van der Waals surface area contributed by atoms with Crippen LogP contribution in [0.2, 0.25) is 0 Å². The maximum Gasteiger partial charge on any atom is 0.131 e. The number of rotatable bonds is 4. The lowest BCUT2D eigenvalue weighted by molar-refractivity contribution is 0.102. The summed E-state index contributed by atoms with van der Waals surface area (Å²) in [5.74, 6) is 1.55. The molecule has 5 nitrogen and oxygen atoms in total. The fourth-order valence-electron chi connectivity index (χ4n) is 2.78. The van der Waals surface area contributed by atoms with Gasteiger partial charge in [-0.15, -0.1) is 0 Å². The maximum absolute atomic E-state index is 10.1. The van der Waals surface area contributed by atoms with Crippen LogP contribution in [0, 0.1) is 12.8 Å². The standard InChI is InChI=1S/C14H26N4O/c1-5-15-8-12-11(3)16-17(4)14(12)18-7-6-10(2)13(19)9-18/h10,13,15,19H,5-9H2,1-4H3. The molecule has 0 aromatic carbocycles. The van der Waals surface area contributed by atoms with Crippen molar-refractivity contribution < 1.29 is 5.11 Å². The molecule has 0 radical (unpaired) electrons. The summed E-state index contributed by atoms with van der Waals surface area (Å²) in [5.41, 5.74) is 2.33. The second kappa shape index (κ2) is 5.92. The van der Waals surface area contributed by atoms with Gasteiger partial charge < -0.3 is 15.3 Å². The lowest BCUT2D eigenvalue weighted by Gasteiger charge is -2.36. The zero-order chi connectivity index (χ0) is 14.0. The van der Waals surface area contributed by atoms with Crippen molar-refractivity contribution in [3.63, 3.8) is 0 Å².